The number of aromatic nitrogens is 1. The summed E-state index contributed by atoms with van der Waals surface area (Å²) in [4.78, 5) is 0. The molecule has 0 aliphatic carbocycles. The van der Waals surface area contributed by atoms with Crippen molar-refractivity contribution in [1.29, 1.82) is 0 Å². The molecule has 0 unspecified atom stereocenters. The summed E-state index contributed by atoms with van der Waals surface area (Å²) in [6.07, 6.45) is 2.36. The van der Waals surface area contributed by atoms with E-state index in [1.54, 1.807) is 5.19 Å². The minimum atomic E-state index is -1.31. The third kappa shape index (κ3) is 3.74. The van der Waals surface area contributed by atoms with Crippen molar-refractivity contribution < 1.29 is 4.57 Å². The average molecular weight is 327 g/mol. The molecule has 124 valence electrons. The Bertz CT molecular complexity index is 731. The van der Waals surface area contributed by atoms with Crippen molar-refractivity contribution in [1.82, 2.24) is 0 Å². The molecule has 0 radical (unpaired) electrons. The van der Waals surface area contributed by atoms with Gasteiger partial charge in [-0.15, -0.1) is 0 Å². The highest BCUT2D eigenvalue weighted by Gasteiger charge is 2.25. The molecular formula is C21H32NSi+. The number of aryl methyl sites for hydroxylation is 3. The molecule has 0 fully saturated rings. The van der Waals surface area contributed by atoms with E-state index in [4.69, 9.17) is 0 Å². The van der Waals surface area contributed by atoms with Crippen LogP contribution in [0.4, 0.5) is 0 Å². The summed E-state index contributed by atoms with van der Waals surface area (Å²) >= 11 is 0. The molecular weight excluding hydrogens is 294 g/mol. The number of nitrogens with zero attached hydrogens (tertiary/aromatic N) is 1. The summed E-state index contributed by atoms with van der Waals surface area (Å²) in [5.41, 5.74) is 7.00. The van der Waals surface area contributed by atoms with E-state index >= 15 is 0 Å². The number of benzene rings is 1. The fraction of sp³-hybridized carbons (Fsp3) is 0.476. The molecule has 1 aromatic heterocycles. The first kappa shape index (κ1) is 17.9. The summed E-state index contributed by atoms with van der Waals surface area (Å²) in [5.74, 6) is 0. The maximum absolute atomic E-state index is 2.42. The first-order valence-corrected chi connectivity index (χ1v) is 12.0. The third-order valence-corrected chi connectivity index (χ3v) is 6.81. The average Bonchev–Trinajstić information content (AvgIpc) is 2.39. The number of hydrogen-bond acceptors (Lipinski definition) is 0. The lowest BCUT2D eigenvalue weighted by atomic mass is 9.85. The van der Waals surface area contributed by atoms with Crippen molar-refractivity contribution in [2.45, 2.75) is 59.7 Å². The third-order valence-electron chi connectivity index (χ3n) is 4.67. The second-order valence-electron chi connectivity index (χ2n) is 8.90. The second-order valence-corrected chi connectivity index (χ2v) is 13.9. The Morgan fingerprint density at radius 1 is 0.913 bits per heavy atom. The van der Waals surface area contributed by atoms with E-state index in [1.165, 1.54) is 27.9 Å². The van der Waals surface area contributed by atoms with Gasteiger partial charge in [0.1, 0.15) is 7.05 Å². The Balaban J connectivity index is 2.66. The standard InChI is InChI=1S/C21H32NSi/c1-15-10-11-17(21(3,4)5)13-18(15)19-12-16(2)20(14-22(19)6)23(7,8)9/h10-14H,1-9H3/q+1. The van der Waals surface area contributed by atoms with E-state index in [0.29, 0.717) is 0 Å². The lowest BCUT2D eigenvalue weighted by molar-refractivity contribution is -0.659. The van der Waals surface area contributed by atoms with Crippen LogP contribution in [0.3, 0.4) is 0 Å². The largest absolute Gasteiger partial charge is 0.212 e. The fourth-order valence-corrected chi connectivity index (χ4v) is 5.00. The van der Waals surface area contributed by atoms with Gasteiger partial charge in [-0.2, -0.15) is 0 Å². The van der Waals surface area contributed by atoms with Gasteiger partial charge in [-0.3, -0.25) is 0 Å². The highest BCUT2D eigenvalue weighted by molar-refractivity contribution is 6.88. The zero-order valence-corrected chi connectivity index (χ0v) is 17.3. The molecule has 2 heteroatoms. The molecule has 0 aliphatic rings. The van der Waals surface area contributed by atoms with Crippen LogP contribution in [0.15, 0.2) is 30.5 Å². The van der Waals surface area contributed by atoms with E-state index in [0.717, 1.165) is 0 Å². The van der Waals surface area contributed by atoms with Crippen LogP contribution in [0.2, 0.25) is 19.6 Å². The van der Waals surface area contributed by atoms with E-state index in [9.17, 15) is 0 Å². The lowest BCUT2D eigenvalue weighted by Gasteiger charge is -2.21. The lowest BCUT2D eigenvalue weighted by Crippen LogP contribution is -2.46. The monoisotopic (exact) mass is 326 g/mol. The quantitative estimate of drug-likeness (QED) is 0.559. The van der Waals surface area contributed by atoms with E-state index in [1.807, 2.05) is 0 Å². The van der Waals surface area contributed by atoms with Crippen molar-refractivity contribution >= 4 is 13.3 Å². The van der Waals surface area contributed by atoms with Crippen LogP contribution in [0.5, 0.6) is 0 Å². The van der Waals surface area contributed by atoms with Crippen molar-refractivity contribution in [2.75, 3.05) is 0 Å². The van der Waals surface area contributed by atoms with Gasteiger partial charge >= 0.3 is 0 Å². The second kappa shape index (κ2) is 5.90. The Morgan fingerprint density at radius 3 is 2.04 bits per heavy atom. The first-order chi connectivity index (χ1) is 10.4. The topological polar surface area (TPSA) is 3.88 Å². The van der Waals surface area contributed by atoms with Gasteiger partial charge in [0.15, 0.2) is 6.20 Å². The highest BCUT2D eigenvalue weighted by Crippen LogP contribution is 2.29. The molecule has 0 N–H and O–H groups in total. The molecule has 0 amide bonds. The SMILES string of the molecule is Cc1ccc(C(C)(C)C)cc1-c1cc(C)c([Si](C)(C)C)c[n+]1C. The maximum atomic E-state index is 2.42. The number of pyridine rings is 1. The van der Waals surface area contributed by atoms with Gasteiger partial charge in [-0.1, -0.05) is 52.5 Å². The molecule has 2 rings (SSSR count). The van der Waals surface area contributed by atoms with Gasteiger partial charge in [-0.05, 0) is 42.0 Å². The van der Waals surface area contributed by atoms with Gasteiger partial charge in [0.2, 0.25) is 5.69 Å². The zero-order chi connectivity index (χ0) is 17.6. The van der Waals surface area contributed by atoms with Crippen LogP contribution in [-0.2, 0) is 12.5 Å². The molecule has 23 heavy (non-hydrogen) atoms. The summed E-state index contributed by atoms with van der Waals surface area (Å²) in [6, 6.07) is 9.28. The van der Waals surface area contributed by atoms with Crippen LogP contribution in [0, 0.1) is 13.8 Å². The molecule has 1 aromatic carbocycles. The highest BCUT2D eigenvalue weighted by atomic mass is 28.3. The molecule has 0 bridgehead atoms. The van der Waals surface area contributed by atoms with Crippen molar-refractivity contribution in [3.05, 3.63) is 47.2 Å². The molecule has 0 aliphatic heterocycles. The van der Waals surface area contributed by atoms with Crippen molar-refractivity contribution in [3.8, 4) is 11.3 Å². The summed E-state index contributed by atoms with van der Waals surface area (Å²) in [7, 11) is 0.874. The molecule has 0 saturated heterocycles. The smallest absolute Gasteiger partial charge is 0.201 e. The summed E-state index contributed by atoms with van der Waals surface area (Å²) in [6.45, 7) is 18.6. The molecule has 0 saturated carbocycles. The number of hydrogen-bond donors (Lipinski definition) is 0. The van der Waals surface area contributed by atoms with Crippen LogP contribution in [0.25, 0.3) is 11.3 Å². The van der Waals surface area contributed by atoms with Crippen LogP contribution in [0.1, 0.15) is 37.5 Å². The van der Waals surface area contributed by atoms with E-state index in [2.05, 4.69) is 96.3 Å². The summed E-state index contributed by atoms with van der Waals surface area (Å²) in [5, 5.41) is 1.55. The summed E-state index contributed by atoms with van der Waals surface area (Å²) < 4.78 is 2.31. The minimum absolute atomic E-state index is 0.175. The first-order valence-electron chi connectivity index (χ1n) is 8.53. The Kier molecular flexibility index (Phi) is 4.60. The van der Waals surface area contributed by atoms with Gasteiger partial charge in [0, 0.05) is 16.8 Å². The normalized spacial score (nSPS) is 12.6. The van der Waals surface area contributed by atoms with Crippen LogP contribution in [-0.4, -0.2) is 8.07 Å². The maximum Gasteiger partial charge on any atom is 0.212 e. The van der Waals surface area contributed by atoms with Gasteiger partial charge < -0.3 is 0 Å². The molecule has 1 heterocycles. The van der Waals surface area contributed by atoms with Crippen molar-refractivity contribution in [3.63, 3.8) is 0 Å². The molecule has 0 spiro atoms. The van der Waals surface area contributed by atoms with Gasteiger partial charge in [0.05, 0.1) is 8.07 Å². The molecule has 2 aromatic rings. The predicted molar refractivity (Wildman–Crippen MR) is 104 cm³/mol. The molecule has 0 atom stereocenters. The van der Waals surface area contributed by atoms with Crippen LogP contribution >= 0.6 is 0 Å². The van der Waals surface area contributed by atoms with Crippen molar-refractivity contribution in [2.24, 2.45) is 7.05 Å². The molecule has 1 nitrogen and oxygen atoms in total. The predicted octanol–water partition coefficient (Wildman–Crippen LogP) is 4.64. The Labute approximate surface area is 143 Å². The minimum Gasteiger partial charge on any atom is -0.201 e. The Morgan fingerprint density at radius 2 is 1.52 bits per heavy atom. The van der Waals surface area contributed by atoms with Gasteiger partial charge in [0.25, 0.3) is 0 Å². The fourth-order valence-electron chi connectivity index (χ4n) is 3.17. The van der Waals surface area contributed by atoms with E-state index in [-0.39, 0.29) is 5.41 Å². The zero-order valence-electron chi connectivity index (χ0n) is 16.3. The number of rotatable bonds is 2. The van der Waals surface area contributed by atoms with E-state index < -0.39 is 8.07 Å². The van der Waals surface area contributed by atoms with Crippen LogP contribution < -0.4 is 9.75 Å². The van der Waals surface area contributed by atoms with Gasteiger partial charge in [-0.25, -0.2) is 4.57 Å². The Hall–Kier alpha value is -1.41.